The summed E-state index contributed by atoms with van der Waals surface area (Å²) < 4.78 is 5.53. The molecule has 0 aliphatic heterocycles. The largest absolute Gasteiger partial charge is 0.466 e. The highest BCUT2D eigenvalue weighted by Crippen LogP contribution is 2.26. The van der Waals surface area contributed by atoms with Crippen LogP contribution in [0.5, 0.6) is 0 Å². The van der Waals surface area contributed by atoms with E-state index in [1.165, 1.54) is 283 Å². The van der Waals surface area contributed by atoms with Crippen LogP contribution in [0.3, 0.4) is 0 Å². The summed E-state index contributed by atoms with van der Waals surface area (Å²) in [5, 5.41) is 0. The standard InChI is InChI=1S/C60H119NO2/c1-6-9-12-15-18-21-22-23-24-25-26-27-29-32-37-43-52-59(54-46-40-47-57-63-60(62)55-48-56-61(4)5)53-45-39-34-33-38-44-51-58(49-41-35-30-20-17-14-11-8-3)50-42-36-31-28-19-16-13-10-7-2/h54,58H,6-53,55-57H2,1-5H3/b59-54+. The number of carbonyl (C=O) groups is 1. The van der Waals surface area contributed by atoms with Crippen LogP contribution in [0.1, 0.15) is 335 Å². The predicted molar refractivity (Wildman–Crippen MR) is 284 cm³/mol. The van der Waals surface area contributed by atoms with E-state index in [9.17, 15) is 4.79 Å². The average molecular weight is 887 g/mol. The summed E-state index contributed by atoms with van der Waals surface area (Å²) in [6, 6.07) is 0. The topological polar surface area (TPSA) is 29.5 Å². The SMILES string of the molecule is CCCCCCCCCCCCCCCCCC/C(=C\CCCCOC(=O)CCCN(C)C)CCCCCCCCC(CCCCCCCCCC)CCCCCCCCCCC. The van der Waals surface area contributed by atoms with E-state index in [0.29, 0.717) is 13.0 Å². The van der Waals surface area contributed by atoms with Crippen molar-refractivity contribution in [1.29, 1.82) is 0 Å². The molecule has 0 aliphatic carbocycles. The summed E-state index contributed by atoms with van der Waals surface area (Å²) in [7, 11) is 4.11. The molecule has 3 nitrogen and oxygen atoms in total. The van der Waals surface area contributed by atoms with Crippen molar-refractivity contribution in [2.24, 2.45) is 5.92 Å². The first-order chi connectivity index (χ1) is 31.0. The Morgan fingerprint density at radius 2 is 0.698 bits per heavy atom. The van der Waals surface area contributed by atoms with E-state index in [-0.39, 0.29) is 5.97 Å². The Balaban J connectivity index is 4.50. The smallest absolute Gasteiger partial charge is 0.305 e. The first-order valence-corrected chi connectivity index (χ1v) is 29.5. The Bertz CT molecular complexity index is 897. The minimum absolute atomic E-state index is 0.0238. The van der Waals surface area contributed by atoms with E-state index >= 15 is 0 Å². The molecule has 0 radical (unpaired) electrons. The Morgan fingerprint density at radius 3 is 1.03 bits per heavy atom. The van der Waals surface area contributed by atoms with Gasteiger partial charge in [-0.25, -0.2) is 0 Å². The summed E-state index contributed by atoms with van der Waals surface area (Å²) in [5.74, 6) is 0.969. The lowest BCUT2D eigenvalue weighted by Gasteiger charge is -2.17. The van der Waals surface area contributed by atoms with Gasteiger partial charge in [-0.1, -0.05) is 289 Å². The van der Waals surface area contributed by atoms with E-state index in [0.717, 1.165) is 38.1 Å². The van der Waals surface area contributed by atoms with Crippen LogP contribution < -0.4 is 0 Å². The molecule has 0 rings (SSSR count). The zero-order chi connectivity index (χ0) is 45.8. The third-order valence-corrected chi connectivity index (χ3v) is 14.2. The third-order valence-electron chi connectivity index (χ3n) is 14.2. The first kappa shape index (κ1) is 62.2. The summed E-state index contributed by atoms with van der Waals surface area (Å²) in [5.41, 5.74) is 1.72. The lowest BCUT2D eigenvalue weighted by molar-refractivity contribution is -0.143. The third kappa shape index (κ3) is 52.0. The van der Waals surface area contributed by atoms with Crippen LogP contribution in [0.15, 0.2) is 11.6 Å². The zero-order valence-corrected chi connectivity index (χ0v) is 44.5. The van der Waals surface area contributed by atoms with Crippen molar-refractivity contribution in [2.75, 3.05) is 27.2 Å². The number of allylic oxidation sites excluding steroid dienone is 2. The molecule has 0 N–H and O–H groups in total. The van der Waals surface area contributed by atoms with Crippen molar-refractivity contribution in [2.45, 2.75) is 335 Å². The molecule has 0 aliphatic rings. The number of unbranched alkanes of at least 4 members (excludes halogenated alkanes) is 37. The van der Waals surface area contributed by atoms with Crippen LogP contribution in [0, 0.1) is 5.92 Å². The first-order valence-electron chi connectivity index (χ1n) is 29.5. The zero-order valence-electron chi connectivity index (χ0n) is 44.5. The molecule has 63 heavy (non-hydrogen) atoms. The van der Waals surface area contributed by atoms with Crippen LogP contribution in [0.2, 0.25) is 0 Å². The molecule has 1 unspecified atom stereocenters. The molecule has 0 amide bonds. The Hall–Kier alpha value is -0.830. The molecule has 1 atom stereocenters. The molecule has 0 fully saturated rings. The van der Waals surface area contributed by atoms with Gasteiger partial charge < -0.3 is 9.64 Å². The molecule has 0 saturated carbocycles. The number of nitrogens with zero attached hydrogens (tertiary/aromatic N) is 1. The van der Waals surface area contributed by atoms with E-state index < -0.39 is 0 Å². The Labute approximate surface area is 399 Å². The van der Waals surface area contributed by atoms with E-state index in [1.807, 2.05) is 0 Å². The fourth-order valence-electron chi connectivity index (χ4n) is 9.82. The van der Waals surface area contributed by atoms with E-state index in [2.05, 4.69) is 45.8 Å². The molecule has 0 saturated heterocycles. The van der Waals surface area contributed by atoms with Crippen LogP contribution in [-0.4, -0.2) is 38.1 Å². The number of rotatable bonds is 54. The molecular weight excluding hydrogens is 767 g/mol. The van der Waals surface area contributed by atoms with Crippen molar-refractivity contribution in [3.8, 4) is 0 Å². The maximum atomic E-state index is 12.1. The molecule has 0 spiro atoms. The van der Waals surface area contributed by atoms with Gasteiger partial charge in [-0.2, -0.15) is 0 Å². The normalized spacial score (nSPS) is 12.5. The molecule has 0 aromatic heterocycles. The minimum atomic E-state index is -0.0238. The van der Waals surface area contributed by atoms with E-state index in [1.54, 1.807) is 5.57 Å². The number of carbonyl (C=O) groups excluding carboxylic acids is 1. The van der Waals surface area contributed by atoms with Crippen molar-refractivity contribution in [3.05, 3.63) is 11.6 Å². The average Bonchev–Trinajstić information content (AvgIpc) is 3.27. The fourth-order valence-corrected chi connectivity index (χ4v) is 9.82. The van der Waals surface area contributed by atoms with Crippen molar-refractivity contribution in [3.63, 3.8) is 0 Å². The molecular formula is C60H119NO2. The maximum absolute atomic E-state index is 12.1. The second-order valence-corrected chi connectivity index (χ2v) is 20.9. The van der Waals surface area contributed by atoms with Gasteiger partial charge >= 0.3 is 5.97 Å². The van der Waals surface area contributed by atoms with Crippen molar-refractivity contribution < 1.29 is 9.53 Å². The number of hydrogen-bond donors (Lipinski definition) is 0. The van der Waals surface area contributed by atoms with Gasteiger partial charge in [0.25, 0.3) is 0 Å². The summed E-state index contributed by atoms with van der Waals surface area (Å²) in [6.45, 7) is 8.49. The Morgan fingerprint density at radius 1 is 0.381 bits per heavy atom. The lowest BCUT2D eigenvalue weighted by Crippen LogP contribution is -2.15. The molecule has 376 valence electrons. The molecule has 0 aromatic carbocycles. The van der Waals surface area contributed by atoms with E-state index in [4.69, 9.17) is 4.74 Å². The lowest BCUT2D eigenvalue weighted by atomic mass is 9.89. The van der Waals surface area contributed by atoms with Gasteiger partial charge in [-0.3, -0.25) is 4.79 Å². The highest BCUT2D eigenvalue weighted by Gasteiger charge is 2.10. The minimum Gasteiger partial charge on any atom is -0.466 e. The number of ether oxygens (including phenoxy) is 1. The van der Waals surface area contributed by atoms with Gasteiger partial charge in [-0.05, 0) is 77.9 Å². The van der Waals surface area contributed by atoms with Crippen LogP contribution in [0.25, 0.3) is 0 Å². The molecule has 0 aromatic rings. The molecule has 0 heterocycles. The highest BCUT2D eigenvalue weighted by atomic mass is 16.5. The van der Waals surface area contributed by atoms with Gasteiger partial charge in [0, 0.05) is 6.42 Å². The second-order valence-electron chi connectivity index (χ2n) is 20.9. The van der Waals surface area contributed by atoms with Crippen molar-refractivity contribution in [1.82, 2.24) is 4.90 Å². The van der Waals surface area contributed by atoms with Gasteiger partial charge in [0.1, 0.15) is 0 Å². The van der Waals surface area contributed by atoms with Gasteiger partial charge in [0.2, 0.25) is 0 Å². The summed E-state index contributed by atoms with van der Waals surface area (Å²) >= 11 is 0. The quantitative estimate of drug-likeness (QED) is 0.0346. The van der Waals surface area contributed by atoms with Crippen molar-refractivity contribution >= 4 is 5.97 Å². The molecule has 3 heteroatoms. The Kier molecular flexibility index (Phi) is 53.1. The fraction of sp³-hybridized carbons (Fsp3) is 0.950. The summed E-state index contributed by atoms with van der Waals surface area (Å²) in [4.78, 5) is 14.2. The maximum Gasteiger partial charge on any atom is 0.305 e. The van der Waals surface area contributed by atoms with Gasteiger partial charge in [0.15, 0.2) is 0 Å². The predicted octanol–water partition coefficient (Wildman–Crippen LogP) is 20.8. The monoisotopic (exact) mass is 886 g/mol. The van der Waals surface area contributed by atoms with Crippen LogP contribution in [0.4, 0.5) is 0 Å². The van der Waals surface area contributed by atoms with Crippen LogP contribution >= 0.6 is 0 Å². The van der Waals surface area contributed by atoms with Gasteiger partial charge in [0.05, 0.1) is 6.61 Å². The second kappa shape index (κ2) is 53.8. The highest BCUT2D eigenvalue weighted by molar-refractivity contribution is 5.69. The molecule has 0 bridgehead atoms. The number of hydrogen-bond acceptors (Lipinski definition) is 3. The van der Waals surface area contributed by atoms with Gasteiger partial charge in [-0.15, -0.1) is 0 Å². The number of esters is 1. The van der Waals surface area contributed by atoms with Crippen LogP contribution in [-0.2, 0) is 9.53 Å². The summed E-state index contributed by atoms with van der Waals surface area (Å²) in [6.07, 6.45) is 70.6.